The third kappa shape index (κ3) is 3.22. The zero-order valence-electron chi connectivity index (χ0n) is 14.4. The molecule has 0 saturated carbocycles. The third-order valence-corrected chi connectivity index (χ3v) is 4.34. The number of likely N-dealkylation sites (N-methyl/N-ethyl adjacent to an activating group) is 1. The van der Waals surface area contributed by atoms with Crippen molar-refractivity contribution < 1.29 is 4.79 Å². The maximum absolute atomic E-state index is 12.5. The van der Waals surface area contributed by atoms with Crippen LogP contribution in [0.5, 0.6) is 0 Å². The highest BCUT2D eigenvalue weighted by Crippen LogP contribution is 2.27. The molecule has 1 fully saturated rings. The van der Waals surface area contributed by atoms with Gasteiger partial charge in [-0.25, -0.2) is 9.97 Å². The Hall–Kier alpha value is -2.50. The molecule has 1 aliphatic heterocycles. The minimum absolute atomic E-state index is 0.134. The Morgan fingerprint density at radius 2 is 2.04 bits per heavy atom. The van der Waals surface area contributed by atoms with Crippen molar-refractivity contribution in [1.82, 2.24) is 19.9 Å². The van der Waals surface area contributed by atoms with E-state index in [1.165, 1.54) is 0 Å². The molecular formula is C18H23N5O. The van der Waals surface area contributed by atoms with Gasteiger partial charge < -0.3 is 9.80 Å². The molecule has 1 aliphatic rings. The molecule has 2 aromatic rings. The molecular weight excluding hydrogens is 302 g/mol. The van der Waals surface area contributed by atoms with Crippen molar-refractivity contribution in [1.29, 1.82) is 0 Å². The Balaban J connectivity index is 1.99. The van der Waals surface area contributed by atoms with Gasteiger partial charge in [-0.15, -0.1) is 0 Å². The minimum Gasteiger partial charge on any atom is -0.347 e. The number of hydrogen-bond acceptors (Lipinski definition) is 5. The van der Waals surface area contributed by atoms with Gasteiger partial charge in [-0.1, -0.05) is 6.92 Å². The van der Waals surface area contributed by atoms with Gasteiger partial charge in [0, 0.05) is 50.4 Å². The molecule has 6 nitrogen and oxygen atoms in total. The average molecular weight is 325 g/mol. The number of pyridine rings is 1. The fraction of sp³-hybridized carbons (Fsp3) is 0.444. The first-order valence-corrected chi connectivity index (χ1v) is 8.36. The molecule has 0 aromatic carbocycles. The lowest BCUT2D eigenvalue weighted by atomic mass is 10.2. The van der Waals surface area contributed by atoms with Gasteiger partial charge in [-0.2, -0.15) is 0 Å². The maximum atomic E-state index is 12.5. The van der Waals surface area contributed by atoms with Gasteiger partial charge >= 0.3 is 0 Å². The van der Waals surface area contributed by atoms with Crippen molar-refractivity contribution in [2.24, 2.45) is 0 Å². The van der Waals surface area contributed by atoms with Crippen LogP contribution in [-0.4, -0.2) is 52.4 Å². The van der Waals surface area contributed by atoms with E-state index < -0.39 is 0 Å². The summed E-state index contributed by atoms with van der Waals surface area (Å²) in [5.41, 5.74) is 1.92. The fourth-order valence-electron chi connectivity index (χ4n) is 3.04. The number of hydrogen-bond donors (Lipinski definition) is 0. The molecule has 1 atom stereocenters. The van der Waals surface area contributed by atoms with E-state index in [-0.39, 0.29) is 11.9 Å². The number of rotatable bonds is 4. The van der Waals surface area contributed by atoms with Crippen LogP contribution in [-0.2, 0) is 11.2 Å². The highest BCUT2D eigenvalue weighted by atomic mass is 16.2. The molecule has 3 rings (SSSR count). The van der Waals surface area contributed by atoms with Crippen molar-refractivity contribution in [3.05, 3.63) is 36.3 Å². The molecule has 0 aliphatic carbocycles. The summed E-state index contributed by atoms with van der Waals surface area (Å²) in [6.45, 7) is 2.93. The number of aryl methyl sites for hydroxylation is 1. The first kappa shape index (κ1) is 16.4. The molecule has 3 heterocycles. The quantitative estimate of drug-likeness (QED) is 0.862. The van der Waals surface area contributed by atoms with Crippen molar-refractivity contribution >= 4 is 11.7 Å². The summed E-state index contributed by atoms with van der Waals surface area (Å²) in [5, 5.41) is 0. The van der Waals surface area contributed by atoms with E-state index in [0.29, 0.717) is 5.82 Å². The lowest BCUT2D eigenvalue weighted by molar-refractivity contribution is -0.129. The topological polar surface area (TPSA) is 62.2 Å². The van der Waals surface area contributed by atoms with E-state index in [1.807, 2.05) is 18.2 Å². The summed E-state index contributed by atoms with van der Waals surface area (Å²) in [4.78, 5) is 29.7. The van der Waals surface area contributed by atoms with Gasteiger partial charge in [0.15, 0.2) is 5.82 Å². The summed E-state index contributed by atoms with van der Waals surface area (Å²) < 4.78 is 0. The van der Waals surface area contributed by atoms with Gasteiger partial charge in [0.2, 0.25) is 5.91 Å². The van der Waals surface area contributed by atoms with E-state index in [9.17, 15) is 4.79 Å². The predicted molar refractivity (Wildman–Crippen MR) is 93.7 cm³/mol. The van der Waals surface area contributed by atoms with E-state index in [2.05, 4.69) is 21.8 Å². The Morgan fingerprint density at radius 3 is 2.71 bits per heavy atom. The Kier molecular flexibility index (Phi) is 4.74. The van der Waals surface area contributed by atoms with Crippen LogP contribution in [0.2, 0.25) is 0 Å². The second-order valence-corrected chi connectivity index (χ2v) is 6.21. The van der Waals surface area contributed by atoms with Crippen LogP contribution in [0, 0.1) is 0 Å². The molecule has 0 spiro atoms. The molecule has 126 valence electrons. The summed E-state index contributed by atoms with van der Waals surface area (Å²) in [7, 11) is 3.61. The van der Waals surface area contributed by atoms with Gasteiger partial charge in [-0.3, -0.25) is 9.78 Å². The number of nitrogens with zero attached hydrogens (tertiary/aromatic N) is 5. The molecule has 0 radical (unpaired) electrons. The summed E-state index contributed by atoms with van der Waals surface area (Å²) >= 11 is 0. The van der Waals surface area contributed by atoms with Crippen molar-refractivity contribution in [2.75, 3.05) is 25.5 Å². The largest absolute Gasteiger partial charge is 0.347 e. The van der Waals surface area contributed by atoms with E-state index in [1.54, 1.807) is 31.4 Å². The smallest absolute Gasteiger partial charge is 0.244 e. The zero-order valence-corrected chi connectivity index (χ0v) is 14.4. The fourth-order valence-corrected chi connectivity index (χ4v) is 3.04. The van der Waals surface area contributed by atoms with Gasteiger partial charge in [0.05, 0.1) is 0 Å². The van der Waals surface area contributed by atoms with Crippen LogP contribution >= 0.6 is 0 Å². The molecule has 2 aromatic heterocycles. The standard InChI is InChI=1S/C18H23N5O/c1-4-14-12-16(21-17(20-14)13-7-9-19-10-8-13)23-11-5-6-15(23)18(24)22(2)3/h7-10,12,15H,4-6,11H2,1-3H3/t15-/m0/s1. The highest BCUT2D eigenvalue weighted by molar-refractivity contribution is 5.85. The van der Waals surface area contributed by atoms with Crippen molar-refractivity contribution in [3.63, 3.8) is 0 Å². The number of amides is 1. The first-order chi connectivity index (χ1) is 11.6. The van der Waals surface area contributed by atoms with Crippen LogP contribution < -0.4 is 4.90 Å². The second kappa shape index (κ2) is 6.95. The second-order valence-electron chi connectivity index (χ2n) is 6.21. The van der Waals surface area contributed by atoms with Gasteiger partial charge in [-0.05, 0) is 31.4 Å². The monoisotopic (exact) mass is 325 g/mol. The lowest BCUT2D eigenvalue weighted by Gasteiger charge is -2.27. The average Bonchev–Trinajstić information content (AvgIpc) is 3.11. The SMILES string of the molecule is CCc1cc(N2CCC[C@H]2C(=O)N(C)C)nc(-c2ccncc2)n1. The molecule has 1 saturated heterocycles. The van der Waals surface area contributed by atoms with Crippen LogP contribution in [0.4, 0.5) is 5.82 Å². The molecule has 1 amide bonds. The minimum atomic E-state index is -0.134. The molecule has 0 bridgehead atoms. The molecule has 6 heteroatoms. The van der Waals surface area contributed by atoms with Crippen LogP contribution in [0.3, 0.4) is 0 Å². The van der Waals surface area contributed by atoms with Crippen molar-refractivity contribution in [2.45, 2.75) is 32.2 Å². The zero-order chi connectivity index (χ0) is 17.1. The van der Waals surface area contributed by atoms with Crippen LogP contribution in [0.1, 0.15) is 25.5 Å². The highest BCUT2D eigenvalue weighted by Gasteiger charge is 2.33. The Morgan fingerprint density at radius 1 is 1.29 bits per heavy atom. The molecule has 0 unspecified atom stereocenters. The maximum Gasteiger partial charge on any atom is 0.244 e. The summed E-state index contributed by atoms with van der Waals surface area (Å²) in [6, 6.07) is 5.69. The van der Waals surface area contributed by atoms with E-state index in [4.69, 9.17) is 4.98 Å². The third-order valence-electron chi connectivity index (χ3n) is 4.34. The lowest BCUT2D eigenvalue weighted by Crippen LogP contribution is -2.43. The van der Waals surface area contributed by atoms with E-state index in [0.717, 1.165) is 42.9 Å². The Labute approximate surface area is 142 Å². The summed E-state index contributed by atoms with van der Waals surface area (Å²) in [6.07, 6.45) is 6.18. The number of carbonyl (C=O) groups excluding carboxylic acids is 1. The molecule has 24 heavy (non-hydrogen) atoms. The van der Waals surface area contributed by atoms with Gasteiger partial charge in [0.25, 0.3) is 0 Å². The number of anilines is 1. The first-order valence-electron chi connectivity index (χ1n) is 8.36. The van der Waals surface area contributed by atoms with Crippen molar-refractivity contribution in [3.8, 4) is 11.4 Å². The number of carbonyl (C=O) groups is 1. The number of aromatic nitrogens is 3. The normalized spacial score (nSPS) is 17.1. The molecule has 0 N–H and O–H groups in total. The van der Waals surface area contributed by atoms with Crippen LogP contribution in [0.25, 0.3) is 11.4 Å². The van der Waals surface area contributed by atoms with E-state index >= 15 is 0 Å². The van der Waals surface area contributed by atoms with Crippen LogP contribution in [0.15, 0.2) is 30.6 Å². The van der Waals surface area contributed by atoms with Gasteiger partial charge in [0.1, 0.15) is 11.9 Å². The predicted octanol–water partition coefficient (Wildman–Crippen LogP) is 2.16. The Bertz CT molecular complexity index is 717. The summed E-state index contributed by atoms with van der Waals surface area (Å²) in [5.74, 6) is 1.66.